The molecule has 0 aromatic heterocycles. The summed E-state index contributed by atoms with van der Waals surface area (Å²) < 4.78 is 16.1. The van der Waals surface area contributed by atoms with Crippen LogP contribution in [0.15, 0.2) is 30.3 Å². The van der Waals surface area contributed by atoms with Crippen LogP contribution in [-0.2, 0) is 44.6 Å². The topological polar surface area (TPSA) is 113 Å². The summed E-state index contributed by atoms with van der Waals surface area (Å²) in [5.41, 5.74) is -0.728. The Morgan fingerprint density at radius 3 is 2.42 bits per heavy atom. The van der Waals surface area contributed by atoms with E-state index < -0.39 is 58.7 Å². The molecule has 8 nitrogen and oxygen atoms in total. The second kappa shape index (κ2) is 9.79. The number of cyclic esters (lactones) is 1. The number of rotatable bonds is 6. The van der Waals surface area contributed by atoms with Crippen LogP contribution in [0.4, 0.5) is 0 Å². The van der Waals surface area contributed by atoms with Crippen LogP contribution >= 0.6 is 0 Å². The van der Waals surface area contributed by atoms with Crippen molar-refractivity contribution in [3.05, 3.63) is 35.9 Å². The minimum atomic E-state index is -1.11. The van der Waals surface area contributed by atoms with Crippen LogP contribution in [0.5, 0.6) is 0 Å². The Hall–Kier alpha value is -3.03. The molecule has 194 valence electrons. The molecular formula is C28H34O8. The van der Waals surface area contributed by atoms with Crippen molar-refractivity contribution in [3.8, 4) is 0 Å². The van der Waals surface area contributed by atoms with E-state index in [1.165, 1.54) is 14.0 Å². The molecule has 1 heterocycles. The van der Waals surface area contributed by atoms with Gasteiger partial charge >= 0.3 is 17.9 Å². The number of benzene rings is 1. The van der Waals surface area contributed by atoms with Gasteiger partial charge in [-0.2, -0.15) is 0 Å². The van der Waals surface area contributed by atoms with Crippen molar-refractivity contribution < 1.29 is 38.2 Å². The second-order valence-electron chi connectivity index (χ2n) is 10.9. The van der Waals surface area contributed by atoms with Gasteiger partial charge in [0, 0.05) is 25.7 Å². The molecule has 1 saturated heterocycles. The van der Waals surface area contributed by atoms with Crippen LogP contribution in [-0.4, -0.2) is 48.8 Å². The van der Waals surface area contributed by atoms with E-state index in [4.69, 9.17) is 14.2 Å². The number of fused-ring (bicyclic) bond motifs is 3. The zero-order valence-electron chi connectivity index (χ0n) is 21.3. The molecule has 2 saturated carbocycles. The van der Waals surface area contributed by atoms with Crippen molar-refractivity contribution in [1.29, 1.82) is 0 Å². The number of ketones is 2. The quantitative estimate of drug-likeness (QED) is 0.434. The van der Waals surface area contributed by atoms with Crippen molar-refractivity contribution in [2.24, 2.45) is 28.6 Å². The Bertz CT molecular complexity index is 1060. The van der Waals surface area contributed by atoms with E-state index >= 15 is 0 Å². The van der Waals surface area contributed by atoms with Crippen LogP contribution < -0.4 is 0 Å². The SMILES string of the molecule is COC(=O)[C@@H]1C[C@H](OC(C)=O)C(=O)[C@H]2[C@@]1(C)CC[C@H]1C(=O)O[C@H](C(=O)CCc3ccccc3)C[C@]21C. The molecule has 0 bridgehead atoms. The summed E-state index contributed by atoms with van der Waals surface area (Å²) >= 11 is 0. The third kappa shape index (κ3) is 4.46. The summed E-state index contributed by atoms with van der Waals surface area (Å²) in [4.78, 5) is 64.8. The maximum atomic E-state index is 13.8. The zero-order valence-corrected chi connectivity index (χ0v) is 21.3. The first kappa shape index (κ1) is 26.0. The Morgan fingerprint density at radius 2 is 1.78 bits per heavy atom. The average Bonchev–Trinajstić information content (AvgIpc) is 2.83. The lowest BCUT2D eigenvalue weighted by Gasteiger charge is -2.60. The second-order valence-corrected chi connectivity index (χ2v) is 10.9. The Labute approximate surface area is 211 Å². The van der Waals surface area contributed by atoms with Gasteiger partial charge in [-0.05, 0) is 42.1 Å². The monoisotopic (exact) mass is 498 g/mol. The molecule has 8 heteroatoms. The summed E-state index contributed by atoms with van der Waals surface area (Å²) in [6.07, 6.45) is -0.239. The molecule has 7 atom stereocenters. The highest BCUT2D eigenvalue weighted by atomic mass is 16.6. The van der Waals surface area contributed by atoms with Gasteiger partial charge in [-0.15, -0.1) is 0 Å². The summed E-state index contributed by atoms with van der Waals surface area (Å²) in [5, 5.41) is 0. The van der Waals surface area contributed by atoms with Gasteiger partial charge in [0.2, 0.25) is 0 Å². The molecule has 0 radical (unpaired) electrons. The number of methoxy groups -OCH3 is 1. The van der Waals surface area contributed by atoms with Crippen LogP contribution in [0.1, 0.15) is 58.4 Å². The standard InChI is InChI=1S/C28H34O8/c1-16(29)35-21-14-19(25(32)34-4)27(2)13-12-18-26(33)36-22(15-28(18,3)24(27)23(21)31)20(30)11-10-17-8-6-5-7-9-17/h5-9,18-19,21-22,24H,10-15H2,1-4H3/t18-,19-,21-,22-,24-,27-,28-/m0/s1. The maximum Gasteiger partial charge on any atom is 0.310 e. The van der Waals surface area contributed by atoms with Gasteiger partial charge in [-0.25, -0.2) is 0 Å². The molecule has 2 aliphatic carbocycles. The van der Waals surface area contributed by atoms with Gasteiger partial charge in [-0.1, -0.05) is 44.2 Å². The van der Waals surface area contributed by atoms with Gasteiger partial charge in [0.25, 0.3) is 0 Å². The van der Waals surface area contributed by atoms with Crippen molar-refractivity contribution in [2.75, 3.05) is 7.11 Å². The number of carbonyl (C=O) groups is 5. The molecular weight excluding hydrogens is 464 g/mol. The lowest BCUT2D eigenvalue weighted by molar-refractivity contribution is -0.210. The van der Waals surface area contributed by atoms with Crippen molar-refractivity contribution in [3.63, 3.8) is 0 Å². The highest BCUT2D eigenvalue weighted by Crippen LogP contribution is 2.64. The Morgan fingerprint density at radius 1 is 1.08 bits per heavy atom. The first-order valence-corrected chi connectivity index (χ1v) is 12.6. The number of hydrogen-bond donors (Lipinski definition) is 0. The molecule has 1 aromatic carbocycles. The minimum Gasteiger partial charge on any atom is -0.469 e. The highest BCUT2D eigenvalue weighted by Gasteiger charge is 2.68. The molecule has 36 heavy (non-hydrogen) atoms. The van der Waals surface area contributed by atoms with Crippen molar-refractivity contribution in [2.45, 2.75) is 71.5 Å². The summed E-state index contributed by atoms with van der Waals surface area (Å²) in [7, 11) is 1.30. The van der Waals surface area contributed by atoms with Crippen molar-refractivity contribution in [1.82, 2.24) is 0 Å². The molecule has 0 amide bonds. The predicted octanol–water partition coefficient (Wildman–Crippen LogP) is 3.24. The van der Waals surface area contributed by atoms with Crippen LogP contribution in [0.2, 0.25) is 0 Å². The van der Waals surface area contributed by atoms with Crippen LogP contribution in [0.25, 0.3) is 0 Å². The van der Waals surface area contributed by atoms with Gasteiger partial charge in [-0.3, -0.25) is 24.0 Å². The number of carbonyl (C=O) groups excluding carboxylic acids is 5. The summed E-state index contributed by atoms with van der Waals surface area (Å²) in [5.74, 6) is -4.11. The van der Waals surface area contributed by atoms with Gasteiger partial charge in [0.15, 0.2) is 23.8 Å². The molecule has 4 rings (SSSR count). The third-order valence-corrected chi connectivity index (χ3v) is 8.76. The Balaban J connectivity index is 1.66. The summed E-state index contributed by atoms with van der Waals surface area (Å²) in [6, 6.07) is 9.59. The van der Waals surface area contributed by atoms with E-state index in [-0.39, 0.29) is 30.8 Å². The van der Waals surface area contributed by atoms with E-state index in [9.17, 15) is 24.0 Å². The third-order valence-electron chi connectivity index (χ3n) is 8.76. The highest BCUT2D eigenvalue weighted by molar-refractivity contribution is 5.94. The smallest absolute Gasteiger partial charge is 0.310 e. The van der Waals surface area contributed by atoms with Gasteiger partial charge in [0.05, 0.1) is 18.9 Å². The lowest BCUT2D eigenvalue weighted by Crippen LogP contribution is -2.65. The molecule has 1 aromatic rings. The molecule has 0 unspecified atom stereocenters. The van der Waals surface area contributed by atoms with E-state index in [1.54, 1.807) is 0 Å². The van der Waals surface area contributed by atoms with Crippen LogP contribution in [0, 0.1) is 28.6 Å². The number of hydrogen-bond acceptors (Lipinski definition) is 8. The van der Waals surface area contributed by atoms with Crippen molar-refractivity contribution >= 4 is 29.5 Å². The number of ether oxygens (including phenoxy) is 3. The fraction of sp³-hybridized carbons (Fsp3) is 0.607. The first-order valence-electron chi connectivity index (χ1n) is 12.6. The van der Waals surface area contributed by atoms with E-state index in [1.807, 2.05) is 44.2 Å². The largest absolute Gasteiger partial charge is 0.469 e. The number of Topliss-reactive ketones (excluding diaryl/α,β-unsaturated/α-hetero) is 2. The normalized spacial score (nSPS) is 35.6. The van der Waals surface area contributed by atoms with Crippen LogP contribution in [0.3, 0.4) is 0 Å². The molecule has 3 aliphatic rings. The van der Waals surface area contributed by atoms with E-state index in [0.717, 1.165) is 5.56 Å². The maximum absolute atomic E-state index is 13.8. The lowest BCUT2D eigenvalue weighted by atomic mass is 9.43. The molecule has 0 spiro atoms. The number of aryl methyl sites for hydroxylation is 1. The van der Waals surface area contributed by atoms with E-state index in [0.29, 0.717) is 19.3 Å². The van der Waals surface area contributed by atoms with Gasteiger partial charge < -0.3 is 14.2 Å². The van der Waals surface area contributed by atoms with Gasteiger partial charge in [0.1, 0.15) is 0 Å². The molecule has 1 aliphatic heterocycles. The summed E-state index contributed by atoms with van der Waals surface area (Å²) in [6.45, 7) is 4.95. The minimum absolute atomic E-state index is 0.0444. The fourth-order valence-electron chi connectivity index (χ4n) is 7.07. The zero-order chi connectivity index (χ0) is 26.3. The number of esters is 3. The molecule has 0 N–H and O–H groups in total. The Kier molecular flexibility index (Phi) is 7.08. The fourth-order valence-corrected chi connectivity index (χ4v) is 7.07. The predicted molar refractivity (Wildman–Crippen MR) is 127 cm³/mol. The first-order chi connectivity index (χ1) is 17.0. The van der Waals surface area contributed by atoms with E-state index in [2.05, 4.69) is 0 Å². The molecule has 3 fully saturated rings. The average molecular weight is 499 g/mol.